The molecule has 5 nitrogen and oxygen atoms in total. The molecule has 0 rings (SSSR count). The van der Waals surface area contributed by atoms with E-state index in [0.29, 0.717) is 26.0 Å². The van der Waals surface area contributed by atoms with E-state index in [2.05, 4.69) is 16.6 Å². The molecule has 0 saturated carbocycles. The molecule has 0 aromatic rings. The van der Waals surface area contributed by atoms with E-state index in [9.17, 15) is 4.79 Å². The minimum atomic E-state index is -1.48. The average Bonchev–Trinajstić information content (AvgIpc) is 2.10. The Bertz CT molecular complexity index is 158. The third kappa shape index (κ3) is 9.00. The maximum Gasteiger partial charge on any atom is 0.330 e. The van der Waals surface area contributed by atoms with Crippen molar-refractivity contribution in [3.05, 3.63) is 12.7 Å². The summed E-state index contributed by atoms with van der Waals surface area (Å²) in [4.78, 5) is 10.5. The fraction of sp³-hybridized carbons (Fsp3) is 0.625. The number of nitrogens with one attached hydrogen (secondary N) is 1. The molecule has 0 aliphatic carbocycles. The van der Waals surface area contributed by atoms with Crippen LogP contribution in [-0.4, -0.2) is 35.7 Å². The van der Waals surface area contributed by atoms with Crippen LogP contribution in [0.15, 0.2) is 12.7 Å². The Morgan fingerprint density at radius 1 is 1.54 bits per heavy atom. The predicted molar refractivity (Wildman–Crippen MR) is 46.6 cm³/mol. The zero-order valence-electron chi connectivity index (χ0n) is 7.40. The first-order valence-electron chi connectivity index (χ1n) is 4.05. The highest BCUT2D eigenvalue weighted by Gasteiger charge is 1.96. The summed E-state index contributed by atoms with van der Waals surface area (Å²) in [5.41, 5.74) is 0. The summed E-state index contributed by atoms with van der Waals surface area (Å²) in [6.45, 7) is 4.05. The number of aliphatic hydroxyl groups excluding tert-OH is 1. The molecule has 0 saturated heterocycles. The van der Waals surface area contributed by atoms with E-state index in [1.165, 1.54) is 0 Å². The van der Waals surface area contributed by atoms with Gasteiger partial charge in [-0.3, -0.25) is 5.32 Å². The molecule has 0 unspecified atom stereocenters. The molecule has 0 aliphatic heterocycles. The van der Waals surface area contributed by atoms with Crippen LogP contribution < -0.4 is 5.32 Å². The van der Waals surface area contributed by atoms with Gasteiger partial charge in [0.05, 0.1) is 6.61 Å². The van der Waals surface area contributed by atoms with Crippen molar-refractivity contribution in [3.8, 4) is 0 Å². The molecule has 0 aliphatic rings. The maximum absolute atomic E-state index is 10.5. The second kappa shape index (κ2) is 7.72. The zero-order chi connectivity index (χ0) is 10.1. The van der Waals surface area contributed by atoms with Crippen LogP contribution in [0.4, 0.5) is 0 Å². The lowest BCUT2D eigenvalue weighted by atomic mass is 10.3. The number of hydrogen-bond acceptors (Lipinski definition) is 5. The highest BCUT2D eigenvalue weighted by molar-refractivity contribution is 5.81. The molecule has 0 amide bonds. The van der Waals surface area contributed by atoms with Crippen LogP contribution >= 0.6 is 0 Å². The van der Waals surface area contributed by atoms with E-state index in [1.54, 1.807) is 0 Å². The van der Waals surface area contributed by atoms with Crippen molar-refractivity contribution >= 4 is 5.97 Å². The number of unbranched alkanes of at least 4 members (excludes halogenated alkanes) is 1. The van der Waals surface area contributed by atoms with Crippen LogP contribution in [0.5, 0.6) is 0 Å². The Labute approximate surface area is 77.0 Å². The van der Waals surface area contributed by atoms with Crippen molar-refractivity contribution in [2.24, 2.45) is 0 Å². The molecule has 0 atom stereocenters. The normalized spacial score (nSPS) is 10.1. The smallest absolute Gasteiger partial charge is 0.330 e. The van der Waals surface area contributed by atoms with Gasteiger partial charge in [-0.25, -0.2) is 4.79 Å². The Morgan fingerprint density at radius 2 is 2.23 bits per heavy atom. The van der Waals surface area contributed by atoms with Gasteiger partial charge in [-0.05, 0) is 19.4 Å². The van der Waals surface area contributed by atoms with Gasteiger partial charge in [0.2, 0.25) is 6.41 Å². The van der Waals surface area contributed by atoms with Gasteiger partial charge in [0.1, 0.15) is 0 Å². The summed E-state index contributed by atoms with van der Waals surface area (Å²) in [5, 5.41) is 19.2. The van der Waals surface area contributed by atoms with Crippen molar-refractivity contribution < 1.29 is 19.7 Å². The average molecular weight is 189 g/mol. The monoisotopic (exact) mass is 189 g/mol. The molecule has 0 fully saturated rings. The fourth-order valence-electron chi connectivity index (χ4n) is 0.690. The third-order valence-electron chi connectivity index (χ3n) is 1.31. The largest absolute Gasteiger partial charge is 0.463 e. The quantitative estimate of drug-likeness (QED) is 0.215. The number of aliphatic hydroxyl groups is 2. The number of hydrogen-bond donors (Lipinski definition) is 3. The Kier molecular flexibility index (Phi) is 7.18. The lowest BCUT2D eigenvalue weighted by molar-refractivity contribution is -0.137. The molecule has 13 heavy (non-hydrogen) atoms. The Hall–Kier alpha value is -0.910. The molecular weight excluding hydrogens is 174 g/mol. The first-order valence-corrected chi connectivity index (χ1v) is 4.05. The highest BCUT2D eigenvalue weighted by Crippen LogP contribution is 1.89. The second-order valence-electron chi connectivity index (χ2n) is 2.41. The first-order chi connectivity index (χ1) is 6.16. The van der Waals surface area contributed by atoms with E-state index in [-0.39, 0.29) is 0 Å². The van der Waals surface area contributed by atoms with Crippen LogP contribution in [0.2, 0.25) is 0 Å². The number of rotatable bonds is 7. The van der Waals surface area contributed by atoms with Gasteiger partial charge in [0.15, 0.2) is 0 Å². The predicted octanol–water partition coefficient (Wildman–Crippen LogP) is -0.646. The molecule has 0 aromatic heterocycles. The Morgan fingerprint density at radius 3 is 2.77 bits per heavy atom. The summed E-state index contributed by atoms with van der Waals surface area (Å²) in [7, 11) is 0. The number of esters is 1. The van der Waals surface area contributed by atoms with Gasteiger partial charge >= 0.3 is 5.97 Å². The summed E-state index contributed by atoms with van der Waals surface area (Å²) in [5.74, 6) is -0.435. The van der Waals surface area contributed by atoms with Crippen LogP contribution in [0.3, 0.4) is 0 Å². The van der Waals surface area contributed by atoms with E-state index in [4.69, 9.17) is 10.2 Å². The molecule has 0 spiro atoms. The summed E-state index contributed by atoms with van der Waals surface area (Å²) in [6.07, 6.45) is 1.02. The summed E-state index contributed by atoms with van der Waals surface area (Å²) in [6, 6.07) is 0. The second-order valence-corrected chi connectivity index (χ2v) is 2.41. The van der Waals surface area contributed by atoms with Crippen LogP contribution in [-0.2, 0) is 9.53 Å². The van der Waals surface area contributed by atoms with Crippen LogP contribution in [0, 0.1) is 0 Å². The van der Waals surface area contributed by atoms with E-state index < -0.39 is 12.4 Å². The zero-order valence-corrected chi connectivity index (χ0v) is 7.40. The molecule has 0 aromatic carbocycles. The number of carbonyl (C=O) groups excluding carboxylic acids is 1. The van der Waals surface area contributed by atoms with Gasteiger partial charge in [0, 0.05) is 6.08 Å². The standard InChI is InChI=1S/C8H15NO4/c1-2-7(10)13-6-4-3-5-9-8(11)12/h2,8-9,11-12H,1,3-6H2. The van der Waals surface area contributed by atoms with Crippen molar-refractivity contribution in [1.82, 2.24) is 5.32 Å². The van der Waals surface area contributed by atoms with Crippen molar-refractivity contribution in [2.45, 2.75) is 19.3 Å². The molecule has 0 heterocycles. The lowest BCUT2D eigenvalue weighted by Crippen LogP contribution is -2.28. The van der Waals surface area contributed by atoms with Gasteiger partial charge < -0.3 is 14.9 Å². The van der Waals surface area contributed by atoms with Crippen molar-refractivity contribution in [3.63, 3.8) is 0 Å². The van der Waals surface area contributed by atoms with Crippen LogP contribution in [0.25, 0.3) is 0 Å². The molecule has 76 valence electrons. The maximum atomic E-state index is 10.5. The van der Waals surface area contributed by atoms with Gasteiger partial charge in [-0.2, -0.15) is 0 Å². The minimum Gasteiger partial charge on any atom is -0.463 e. The molecule has 3 N–H and O–H groups in total. The lowest BCUT2D eigenvalue weighted by Gasteiger charge is -2.05. The number of ether oxygens (including phenoxy) is 1. The topological polar surface area (TPSA) is 78.8 Å². The van der Waals surface area contributed by atoms with Gasteiger partial charge in [0.25, 0.3) is 0 Å². The fourth-order valence-corrected chi connectivity index (χ4v) is 0.690. The van der Waals surface area contributed by atoms with Crippen LogP contribution in [0.1, 0.15) is 12.8 Å². The molecule has 0 bridgehead atoms. The number of carbonyl (C=O) groups is 1. The third-order valence-corrected chi connectivity index (χ3v) is 1.31. The summed E-state index contributed by atoms with van der Waals surface area (Å²) >= 11 is 0. The Balaban J connectivity index is 3.08. The van der Waals surface area contributed by atoms with Crippen molar-refractivity contribution in [2.75, 3.05) is 13.2 Å². The minimum absolute atomic E-state index is 0.327. The van der Waals surface area contributed by atoms with Gasteiger partial charge in [-0.1, -0.05) is 6.58 Å². The molecule has 5 heteroatoms. The molecule has 0 radical (unpaired) electrons. The van der Waals surface area contributed by atoms with E-state index >= 15 is 0 Å². The summed E-state index contributed by atoms with van der Waals surface area (Å²) < 4.78 is 4.69. The van der Waals surface area contributed by atoms with Crippen molar-refractivity contribution in [1.29, 1.82) is 0 Å². The highest BCUT2D eigenvalue weighted by atomic mass is 16.5. The molecular formula is C8H15NO4. The van der Waals surface area contributed by atoms with Gasteiger partial charge in [-0.15, -0.1) is 0 Å². The first kappa shape index (κ1) is 12.1. The van der Waals surface area contributed by atoms with E-state index in [1.807, 2.05) is 0 Å². The van der Waals surface area contributed by atoms with E-state index in [0.717, 1.165) is 6.08 Å². The SMILES string of the molecule is C=CC(=O)OCCCCNC(O)O.